The number of carbonyl (C=O) groups excluding carboxylic acids is 1. The van der Waals surface area contributed by atoms with E-state index >= 15 is 0 Å². The van der Waals surface area contributed by atoms with E-state index < -0.39 is 11.7 Å². The first kappa shape index (κ1) is 23.5. The summed E-state index contributed by atoms with van der Waals surface area (Å²) in [7, 11) is 0. The fraction of sp³-hybridized carbons (Fsp3) is 0.154. The van der Waals surface area contributed by atoms with Crippen LogP contribution in [0.5, 0.6) is 0 Å². The van der Waals surface area contributed by atoms with Crippen LogP contribution in [0.15, 0.2) is 77.6 Å². The molecule has 0 bridgehead atoms. The summed E-state index contributed by atoms with van der Waals surface area (Å²) >= 11 is 1.57. The number of nitrogens with one attached hydrogen (secondary N) is 2. The zero-order valence-corrected chi connectivity index (χ0v) is 19.1. The Hall–Kier alpha value is -3.65. The van der Waals surface area contributed by atoms with Crippen molar-refractivity contribution in [2.75, 3.05) is 17.2 Å². The molecule has 4 aromatic rings. The summed E-state index contributed by atoms with van der Waals surface area (Å²) < 4.78 is 38.8. The molecule has 0 unspecified atom stereocenters. The van der Waals surface area contributed by atoms with Crippen molar-refractivity contribution in [1.82, 2.24) is 4.98 Å². The van der Waals surface area contributed by atoms with E-state index in [1.807, 2.05) is 29.9 Å². The first-order chi connectivity index (χ1) is 16.3. The quantitative estimate of drug-likeness (QED) is 0.298. The predicted molar refractivity (Wildman–Crippen MR) is 130 cm³/mol. The highest BCUT2D eigenvalue weighted by Crippen LogP contribution is 2.32. The van der Waals surface area contributed by atoms with Crippen LogP contribution in [0.1, 0.15) is 27.2 Å². The maximum atomic E-state index is 13.0. The number of aryl methyl sites for hydroxylation is 1. The smallest absolute Gasteiger partial charge is 0.385 e. The molecule has 0 spiro atoms. The van der Waals surface area contributed by atoms with Crippen LogP contribution < -0.4 is 10.6 Å². The minimum Gasteiger partial charge on any atom is -0.385 e. The lowest BCUT2D eigenvalue weighted by molar-refractivity contribution is -0.137. The monoisotopic (exact) mass is 481 g/mol. The van der Waals surface area contributed by atoms with Gasteiger partial charge < -0.3 is 10.6 Å². The zero-order valence-electron chi connectivity index (χ0n) is 18.3. The van der Waals surface area contributed by atoms with Gasteiger partial charge in [-0.3, -0.25) is 4.79 Å². The van der Waals surface area contributed by atoms with Gasteiger partial charge in [0.2, 0.25) is 0 Å². The Morgan fingerprint density at radius 3 is 2.32 bits per heavy atom. The van der Waals surface area contributed by atoms with E-state index in [9.17, 15) is 18.0 Å². The summed E-state index contributed by atoms with van der Waals surface area (Å²) in [6, 6.07) is 17.5. The summed E-state index contributed by atoms with van der Waals surface area (Å²) in [6.45, 7) is 2.62. The van der Waals surface area contributed by atoms with E-state index in [0.29, 0.717) is 22.4 Å². The molecule has 0 aliphatic carbocycles. The van der Waals surface area contributed by atoms with E-state index in [2.05, 4.69) is 15.6 Å². The van der Waals surface area contributed by atoms with E-state index in [-0.39, 0.29) is 5.91 Å². The van der Waals surface area contributed by atoms with Crippen LogP contribution >= 0.6 is 11.3 Å². The van der Waals surface area contributed by atoms with Gasteiger partial charge >= 0.3 is 6.18 Å². The molecule has 8 heteroatoms. The average molecular weight is 482 g/mol. The Morgan fingerprint density at radius 1 is 0.971 bits per heavy atom. The maximum absolute atomic E-state index is 13.0. The minimum atomic E-state index is -4.41. The molecule has 2 N–H and O–H groups in total. The van der Waals surface area contributed by atoms with E-state index in [1.54, 1.807) is 41.7 Å². The van der Waals surface area contributed by atoms with Gasteiger partial charge in [-0.1, -0.05) is 29.8 Å². The first-order valence-corrected chi connectivity index (χ1v) is 11.5. The highest BCUT2D eigenvalue weighted by atomic mass is 32.1. The minimum absolute atomic E-state index is 0.334. The summed E-state index contributed by atoms with van der Waals surface area (Å²) in [6.07, 6.45) is -3.59. The number of halogens is 3. The summed E-state index contributed by atoms with van der Waals surface area (Å²) in [5, 5.41) is 8.21. The second-order valence-corrected chi connectivity index (χ2v) is 8.53. The number of anilines is 2. The number of rotatable bonds is 7. The molecule has 4 rings (SSSR count). The third-order valence-corrected chi connectivity index (χ3v) is 5.91. The van der Waals surface area contributed by atoms with Gasteiger partial charge in [0.1, 0.15) is 0 Å². The Morgan fingerprint density at radius 2 is 1.68 bits per heavy atom. The topological polar surface area (TPSA) is 54.0 Å². The largest absolute Gasteiger partial charge is 0.416 e. The molecule has 0 saturated heterocycles. The van der Waals surface area contributed by atoms with Crippen LogP contribution in [0.25, 0.3) is 11.1 Å². The van der Waals surface area contributed by atoms with Crippen molar-refractivity contribution in [3.8, 4) is 11.1 Å². The number of carbonyl (C=O) groups is 1. The third kappa shape index (κ3) is 5.82. The maximum Gasteiger partial charge on any atom is 0.416 e. The molecular weight excluding hydrogens is 459 g/mol. The first-order valence-electron chi connectivity index (χ1n) is 10.6. The molecule has 1 amide bonds. The number of alkyl halides is 3. The summed E-state index contributed by atoms with van der Waals surface area (Å²) in [5.74, 6) is -0.334. The van der Waals surface area contributed by atoms with Crippen LogP contribution in [0.3, 0.4) is 0 Å². The molecule has 1 aromatic heterocycles. The molecule has 3 aromatic carbocycles. The Bertz CT molecular complexity index is 1250. The number of amides is 1. The van der Waals surface area contributed by atoms with Crippen molar-refractivity contribution in [3.05, 3.63) is 100 Å². The second kappa shape index (κ2) is 10.1. The van der Waals surface area contributed by atoms with E-state index in [4.69, 9.17) is 0 Å². The van der Waals surface area contributed by atoms with Gasteiger partial charge in [0.05, 0.1) is 16.8 Å². The molecule has 174 valence electrons. The summed E-state index contributed by atoms with van der Waals surface area (Å²) in [4.78, 5) is 17.3. The number of benzene rings is 3. The predicted octanol–water partition coefficient (Wildman–Crippen LogP) is 7.04. The van der Waals surface area contributed by atoms with Gasteiger partial charge in [-0.2, -0.15) is 13.2 Å². The number of thiazole rings is 1. The lowest BCUT2D eigenvalue weighted by Gasteiger charge is -2.13. The Balaban J connectivity index is 1.46. The zero-order chi connectivity index (χ0) is 24.1. The average Bonchev–Trinajstić information content (AvgIpc) is 3.33. The van der Waals surface area contributed by atoms with Crippen LogP contribution in [0.2, 0.25) is 0 Å². The number of hydrogen-bond acceptors (Lipinski definition) is 4. The lowest BCUT2D eigenvalue weighted by Crippen LogP contribution is -2.13. The number of nitrogens with zero attached hydrogens (tertiary/aromatic N) is 1. The highest BCUT2D eigenvalue weighted by molar-refractivity contribution is 7.07. The van der Waals surface area contributed by atoms with Crippen molar-refractivity contribution in [2.45, 2.75) is 19.5 Å². The molecule has 0 radical (unpaired) electrons. The van der Waals surface area contributed by atoms with Crippen molar-refractivity contribution in [2.24, 2.45) is 0 Å². The molecule has 0 aliphatic heterocycles. The fourth-order valence-corrected chi connectivity index (χ4v) is 4.09. The van der Waals surface area contributed by atoms with Gasteiger partial charge in [0.15, 0.2) is 0 Å². The number of hydrogen-bond donors (Lipinski definition) is 2. The van der Waals surface area contributed by atoms with Gasteiger partial charge in [-0.25, -0.2) is 4.98 Å². The summed E-state index contributed by atoms with van der Waals surface area (Å²) in [5.41, 5.74) is 6.08. The van der Waals surface area contributed by atoms with Crippen LogP contribution in [-0.4, -0.2) is 17.4 Å². The SMILES string of the molecule is Cc1ccc(C(=O)Nc2ccc(NCCc3cscn3)cc2)c(-c2ccc(C(F)(F)F)cc2)c1. The second-order valence-electron chi connectivity index (χ2n) is 7.81. The number of aromatic nitrogens is 1. The normalized spacial score (nSPS) is 11.3. The lowest BCUT2D eigenvalue weighted by atomic mass is 9.96. The van der Waals surface area contributed by atoms with Crippen molar-refractivity contribution >= 4 is 28.6 Å². The van der Waals surface area contributed by atoms with Gasteiger partial charge in [-0.05, 0) is 60.5 Å². The van der Waals surface area contributed by atoms with Gasteiger partial charge in [-0.15, -0.1) is 11.3 Å². The Kier molecular flexibility index (Phi) is 6.98. The van der Waals surface area contributed by atoms with Crippen LogP contribution in [0.4, 0.5) is 24.5 Å². The molecule has 34 heavy (non-hydrogen) atoms. The van der Waals surface area contributed by atoms with Crippen LogP contribution in [0, 0.1) is 6.92 Å². The molecule has 0 atom stereocenters. The molecule has 0 saturated carbocycles. The van der Waals surface area contributed by atoms with Crippen molar-refractivity contribution in [3.63, 3.8) is 0 Å². The third-order valence-electron chi connectivity index (χ3n) is 5.28. The van der Waals surface area contributed by atoms with Crippen LogP contribution in [-0.2, 0) is 12.6 Å². The Labute approximate surface area is 199 Å². The van der Waals surface area contributed by atoms with E-state index in [0.717, 1.165) is 42.0 Å². The van der Waals surface area contributed by atoms with E-state index in [1.165, 1.54) is 12.1 Å². The molecular formula is C26H22F3N3OS. The van der Waals surface area contributed by atoms with Crippen molar-refractivity contribution < 1.29 is 18.0 Å². The highest BCUT2D eigenvalue weighted by Gasteiger charge is 2.30. The molecule has 0 aliphatic rings. The molecule has 4 nitrogen and oxygen atoms in total. The fourth-order valence-electron chi connectivity index (χ4n) is 3.50. The standard InChI is InChI=1S/C26H22F3N3OS/c1-17-2-11-23(24(14-17)18-3-5-19(6-4-18)26(27,28)29)25(33)32-21-9-7-20(8-10-21)30-13-12-22-15-34-16-31-22/h2-11,14-16,30H,12-13H2,1H3,(H,32,33). The van der Waals surface area contributed by atoms with Gasteiger partial charge in [0, 0.05) is 35.3 Å². The molecule has 0 fully saturated rings. The van der Waals surface area contributed by atoms with Gasteiger partial charge in [0.25, 0.3) is 5.91 Å². The van der Waals surface area contributed by atoms with Crippen molar-refractivity contribution in [1.29, 1.82) is 0 Å². The molecule has 1 heterocycles.